The summed E-state index contributed by atoms with van der Waals surface area (Å²) in [5.41, 5.74) is 0.690. The molecule has 1 N–H and O–H groups in total. The monoisotopic (exact) mass is 337 g/mol. The molecule has 19 heavy (non-hydrogen) atoms. The van der Waals surface area contributed by atoms with E-state index in [1.165, 1.54) is 11.3 Å². The van der Waals surface area contributed by atoms with E-state index in [2.05, 4.69) is 31.4 Å². The second-order valence-electron chi connectivity index (χ2n) is 4.67. The summed E-state index contributed by atoms with van der Waals surface area (Å²) < 4.78 is 1.02. The standard InChI is InChI=1S/C13H12BrN3OS/c1-8-16-17-12(19-8)15-11(18)13(6-7-13)9-2-4-10(14)5-3-9/h2-5H,6-7H2,1H3,(H,15,17,18). The molecule has 0 aliphatic heterocycles. The van der Waals surface area contributed by atoms with Gasteiger partial charge in [-0.25, -0.2) is 0 Å². The topological polar surface area (TPSA) is 54.9 Å². The average Bonchev–Trinajstić information content (AvgIpc) is 3.10. The lowest BCUT2D eigenvalue weighted by atomic mass is 9.95. The van der Waals surface area contributed by atoms with Crippen LogP contribution >= 0.6 is 27.3 Å². The Kier molecular flexibility index (Phi) is 3.14. The van der Waals surface area contributed by atoms with Gasteiger partial charge in [-0.3, -0.25) is 10.1 Å². The molecule has 0 atom stereocenters. The normalized spacial score (nSPS) is 16.1. The van der Waals surface area contributed by atoms with E-state index in [1.807, 2.05) is 31.2 Å². The minimum absolute atomic E-state index is 0.0194. The van der Waals surface area contributed by atoms with Gasteiger partial charge in [0.2, 0.25) is 11.0 Å². The van der Waals surface area contributed by atoms with Crippen molar-refractivity contribution in [3.05, 3.63) is 39.3 Å². The summed E-state index contributed by atoms with van der Waals surface area (Å²) in [4.78, 5) is 12.4. The molecule has 1 saturated carbocycles. The fourth-order valence-corrected chi connectivity index (χ4v) is 2.96. The third kappa shape index (κ3) is 2.42. The van der Waals surface area contributed by atoms with Crippen molar-refractivity contribution in [1.29, 1.82) is 0 Å². The minimum atomic E-state index is -0.375. The highest BCUT2D eigenvalue weighted by Crippen LogP contribution is 2.49. The van der Waals surface area contributed by atoms with Gasteiger partial charge < -0.3 is 0 Å². The van der Waals surface area contributed by atoms with Crippen molar-refractivity contribution < 1.29 is 4.79 Å². The molecule has 1 fully saturated rings. The number of nitrogens with one attached hydrogen (secondary N) is 1. The maximum Gasteiger partial charge on any atom is 0.236 e. The van der Waals surface area contributed by atoms with Crippen LogP contribution in [0, 0.1) is 6.92 Å². The number of benzene rings is 1. The first-order valence-electron chi connectivity index (χ1n) is 5.98. The van der Waals surface area contributed by atoms with Gasteiger partial charge in [0.15, 0.2) is 0 Å². The third-order valence-corrected chi connectivity index (χ3v) is 4.61. The Morgan fingerprint density at radius 1 is 1.32 bits per heavy atom. The number of carbonyl (C=O) groups excluding carboxylic acids is 1. The summed E-state index contributed by atoms with van der Waals surface area (Å²) in [7, 11) is 0. The van der Waals surface area contributed by atoms with Crippen molar-refractivity contribution >= 4 is 38.3 Å². The molecule has 1 aromatic carbocycles. The molecule has 1 heterocycles. The molecule has 0 radical (unpaired) electrons. The number of hydrogen-bond donors (Lipinski definition) is 1. The van der Waals surface area contributed by atoms with Gasteiger partial charge in [-0.2, -0.15) is 0 Å². The Morgan fingerprint density at radius 3 is 2.53 bits per heavy atom. The molecule has 1 aliphatic carbocycles. The fourth-order valence-electron chi connectivity index (χ4n) is 2.10. The lowest BCUT2D eigenvalue weighted by Crippen LogP contribution is -2.27. The molecule has 6 heteroatoms. The Labute approximate surface area is 123 Å². The van der Waals surface area contributed by atoms with Gasteiger partial charge in [0, 0.05) is 4.47 Å². The maximum absolute atomic E-state index is 12.4. The first kappa shape index (κ1) is 12.7. The number of nitrogens with zero attached hydrogens (tertiary/aromatic N) is 2. The number of halogens is 1. The zero-order valence-electron chi connectivity index (χ0n) is 10.3. The van der Waals surface area contributed by atoms with Crippen molar-refractivity contribution in [3.63, 3.8) is 0 Å². The average molecular weight is 338 g/mol. The van der Waals surface area contributed by atoms with E-state index < -0.39 is 0 Å². The molecule has 1 amide bonds. The van der Waals surface area contributed by atoms with E-state index in [1.54, 1.807) is 0 Å². The van der Waals surface area contributed by atoms with E-state index in [0.29, 0.717) is 5.13 Å². The van der Waals surface area contributed by atoms with Crippen LogP contribution in [0.25, 0.3) is 0 Å². The number of anilines is 1. The predicted octanol–water partition coefficient (Wildman–Crippen LogP) is 3.28. The number of rotatable bonds is 3. The van der Waals surface area contributed by atoms with Gasteiger partial charge in [0.1, 0.15) is 5.01 Å². The van der Waals surface area contributed by atoms with E-state index in [-0.39, 0.29) is 11.3 Å². The van der Waals surface area contributed by atoms with Crippen LogP contribution in [0.15, 0.2) is 28.7 Å². The molecule has 4 nitrogen and oxygen atoms in total. The van der Waals surface area contributed by atoms with Gasteiger partial charge in [-0.05, 0) is 37.5 Å². The molecule has 1 aliphatic rings. The van der Waals surface area contributed by atoms with E-state index >= 15 is 0 Å². The summed E-state index contributed by atoms with van der Waals surface area (Å²) in [6.45, 7) is 1.87. The molecule has 0 bridgehead atoms. The number of aromatic nitrogens is 2. The zero-order chi connectivity index (χ0) is 13.5. The van der Waals surface area contributed by atoms with E-state index in [9.17, 15) is 4.79 Å². The first-order valence-corrected chi connectivity index (χ1v) is 7.59. The third-order valence-electron chi connectivity index (χ3n) is 3.33. The van der Waals surface area contributed by atoms with Crippen LogP contribution < -0.4 is 5.32 Å². The Morgan fingerprint density at radius 2 is 2.00 bits per heavy atom. The predicted molar refractivity (Wildman–Crippen MR) is 78.3 cm³/mol. The van der Waals surface area contributed by atoms with Crippen LogP contribution in [0.4, 0.5) is 5.13 Å². The Bertz CT molecular complexity index is 619. The number of aryl methyl sites for hydroxylation is 1. The summed E-state index contributed by atoms with van der Waals surface area (Å²) in [6.07, 6.45) is 1.77. The number of amides is 1. The van der Waals surface area contributed by atoms with Crippen molar-refractivity contribution in [2.24, 2.45) is 0 Å². The van der Waals surface area contributed by atoms with Crippen molar-refractivity contribution in [2.75, 3.05) is 5.32 Å². The lowest BCUT2D eigenvalue weighted by Gasteiger charge is -2.14. The highest BCUT2D eigenvalue weighted by molar-refractivity contribution is 9.10. The van der Waals surface area contributed by atoms with Crippen LogP contribution in [0.3, 0.4) is 0 Å². The second kappa shape index (κ2) is 4.68. The van der Waals surface area contributed by atoms with Gasteiger partial charge >= 0.3 is 0 Å². The summed E-state index contributed by atoms with van der Waals surface area (Å²) in [5.74, 6) is 0.0194. The molecular weight excluding hydrogens is 326 g/mol. The first-order chi connectivity index (χ1) is 9.10. The molecule has 0 saturated heterocycles. The highest BCUT2D eigenvalue weighted by atomic mass is 79.9. The van der Waals surface area contributed by atoms with E-state index in [4.69, 9.17) is 0 Å². The van der Waals surface area contributed by atoms with Crippen LogP contribution in [-0.2, 0) is 10.2 Å². The van der Waals surface area contributed by atoms with Crippen LogP contribution in [0.5, 0.6) is 0 Å². The molecule has 0 spiro atoms. The Balaban J connectivity index is 1.81. The Hall–Kier alpha value is -1.27. The van der Waals surface area contributed by atoms with Crippen LogP contribution in [0.1, 0.15) is 23.4 Å². The summed E-state index contributed by atoms with van der Waals surface area (Å²) in [5, 5.41) is 12.1. The van der Waals surface area contributed by atoms with Crippen molar-refractivity contribution in [1.82, 2.24) is 10.2 Å². The summed E-state index contributed by atoms with van der Waals surface area (Å²) in [6, 6.07) is 7.94. The fraction of sp³-hybridized carbons (Fsp3) is 0.308. The number of hydrogen-bond acceptors (Lipinski definition) is 4. The molecule has 0 unspecified atom stereocenters. The van der Waals surface area contributed by atoms with Gasteiger partial charge in [-0.1, -0.05) is 39.4 Å². The SMILES string of the molecule is Cc1nnc(NC(=O)C2(c3ccc(Br)cc3)CC2)s1. The van der Waals surface area contributed by atoms with Gasteiger partial charge in [0.05, 0.1) is 5.41 Å². The molecule has 1 aromatic heterocycles. The van der Waals surface area contributed by atoms with Gasteiger partial charge in [0.25, 0.3) is 0 Å². The second-order valence-corrected chi connectivity index (χ2v) is 6.77. The minimum Gasteiger partial charge on any atom is -0.300 e. The van der Waals surface area contributed by atoms with Crippen molar-refractivity contribution in [3.8, 4) is 0 Å². The highest BCUT2D eigenvalue weighted by Gasteiger charge is 2.51. The summed E-state index contributed by atoms with van der Waals surface area (Å²) >= 11 is 4.80. The number of carbonyl (C=O) groups is 1. The van der Waals surface area contributed by atoms with Crippen LogP contribution in [-0.4, -0.2) is 16.1 Å². The quantitative estimate of drug-likeness (QED) is 0.934. The molecule has 3 rings (SSSR count). The van der Waals surface area contributed by atoms with Gasteiger partial charge in [-0.15, -0.1) is 10.2 Å². The molecular formula is C13H12BrN3OS. The van der Waals surface area contributed by atoms with E-state index in [0.717, 1.165) is 27.9 Å². The zero-order valence-corrected chi connectivity index (χ0v) is 12.7. The molecule has 2 aromatic rings. The maximum atomic E-state index is 12.4. The smallest absolute Gasteiger partial charge is 0.236 e. The largest absolute Gasteiger partial charge is 0.300 e. The molecule has 98 valence electrons. The van der Waals surface area contributed by atoms with Crippen LogP contribution in [0.2, 0.25) is 0 Å². The lowest BCUT2D eigenvalue weighted by molar-refractivity contribution is -0.118. The van der Waals surface area contributed by atoms with Crippen molar-refractivity contribution in [2.45, 2.75) is 25.2 Å².